The summed E-state index contributed by atoms with van der Waals surface area (Å²) in [7, 11) is 0. The Kier molecular flexibility index (Phi) is 6.30. The van der Waals surface area contributed by atoms with Crippen LogP contribution in [-0.2, 0) is 4.79 Å². The van der Waals surface area contributed by atoms with Gasteiger partial charge >= 0.3 is 0 Å². The first-order valence-electron chi connectivity index (χ1n) is 13.3. The number of carbonyl (C=O) groups excluding carboxylic acids is 1. The maximum atomic E-state index is 13.2. The van der Waals surface area contributed by atoms with Gasteiger partial charge in [-0.2, -0.15) is 0 Å². The summed E-state index contributed by atoms with van der Waals surface area (Å²) < 4.78 is 0. The van der Waals surface area contributed by atoms with Gasteiger partial charge in [0, 0.05) is 24.9 Å². The molecule has 0 spiro atoms. The lowest BCUT2D eigenvalue weighted by Crippen LogP contribution is -2.47. The minimum absolute atomic E-state index is 0.153. The number of phenolic OH excluding ortho intramolecular Hbond substituents is 1. The number of carbonyl (C=O) groups is 1. The number of nitrogens with one attached hydrogen (secondary N) is 3. The maximum Gasteiger partial charge on any atom is 0.224 e. The van der Waals surface area contributed by atoms with Crippen molar-refractivity contribution in [3.63, 3.8) is 0 Å². The molecule has 2 aromatic carbocycles. The van der Waals surface area contributed by atoms with Crippen molar-refractivity contribution in [1.29, 1.82) is 0 Å². The molecular formula is C30H35N4O2. The Balaban J connectivity index is 1.04. The van der Waals surface area contributed by atoms with Crippen molar-refractivity contribution in [1.82, 2.24) is 10.3 Å². The normalized spacial score (nSPS) is 26.3. The molecule has 3 aromatic rings. The molecule has 1 radical (unpaired) electrons. The maximum absolute atomic E-state index is 13.2. The van der Waals surface area contributed by atoms with E-state index in [1.54, 1.807) is 12.1 Å². The summed E-state index contributed by atoms with van der Waals surface area (Å²) in [5.41, 5.74) is 2.89. The lowest BCUT2D eigenvalue weighted by molar-refractivity contribution is -0.124. The van der Waals surface area contributed by atoms with Gasteiger partial charge in [-0.25, -0.2) is 4.98 Å². The molecule has 6 nitrogen and oxygen atoms in total. The molecule has 7 rings (SSSR count). The number of aromatic nitrogens is 1. The van der Waals surface area contributed by atoms with E-state index in [-0.39, 0.29) is 17.1 Å². The highest BCUT2D eigenvalue weighted by Gasteiger charge is 2.51. The zero-order valence-corrected chi connectivity index (χ0v) is 20.7. The van der Waals surface area contributed by atoms with E-state index in [2.05, 4.69) is 16.0 Å². The van der Waals surface area contributed by atoms with Crippen LogP contribution < -0.4 is 16.0 Å². The van der Waals surface area contributed by atoms with Gasteiger partial charge in [-0.3, -0.25) is 4.79 Å². The lowest BCUT2D eigenvalue weighted by Gasteiger charge is -2.56. The van der Waals surface area contributed by atoms with Gasteiger partial charge in [0.1, 0.15) is 11.6 Å². The number of pyridine rings is 1. The zero-order valence-electron chi connectivity index (χ0n) is 20.7. The number of fused-ring (bicyclic) bond motifs is 1. The third kappa shape index (κ3) is 5.05. The summed E-state index contributed by atoms with van der Waals surface area (Å²) in [4.78, 5) is 17.9. The second-order valence-corrected chi connectivity index (χ2v) is 11.3. The van der Waals surface area contributed by atoms with Crippen LogP contribution in [0.4, 0.5) is 11.5 Å². The fourth-order valence-corrected chi connectivity index (χ4v) is 7.47. The van der Waals surface area contributed by atoms with Gasteiger partial charge in [-0.15, -0.1) is 0 Å². The largest absolute Gasteiger partial charge is 0.508 e. The summed E-state index contributed by atoms with van der Waals surface area (Å²) in [5.74, 6) is 3.79. The molecular weight excluding hydrogens is 448 g/mol. The minimum atomic E-state index is 0.153. The standard InChI is InChI=1S/C30H35N4O2/c35-24-4-1-3-20(14-24)19-31-9-10-32-28-8-7-25-26(33-28)5-2-6-27(25)34-29(36)18-30-15-21-11-22(16-30)13-23(12-21)17-30/h1-8,14,19,21-23,31,35H,9-13,15-18H2,(H,32,33)(H,34,36). The van der Waals surface area contributed by atoms with Crippen LogP contribution in [0.2, 0.25) is 0 Å². The van der Waals surface area contributed by atoms with Crippen molar-refractivity contribution in [3.8, 4) is 5.75 Å². The molecule has 0 atom stereocenters. The van der Waals surface area contributed by atoms with E-state index >= 15 is 0 Å². The summed E-state index contributed by atoms with van der Waals surface area (Å²) in [5, 5.41) is 20.3. The average Bonchev–Trinajstić information content (AvgIpc) is 2.83. The Morgan fingerprint density at radius 1 is 0.972 bits per heavy atom. The Morgan fingerprint density at radius 2 is 1.72 bits per heavy atom. The van der Waals surface area contributed by atoms with Gasteiger partial charge < -0.3 is 21.1 Å². The molecule has 4 bridgehead atoms. The first-order chi connectivity index (χ1) is 17.5. The van der Waals surface area contributed by atoms with Crippen LogP contribution >= 0.6 is 0 Å². The SMILES string of the molecule is O=C(CC12CC3CC(CC(C3)C1)C2)Nc1cccc2nc(NCCN[CH]c3cccc(O)c3)ccc12. The van der Waals surface area contributed by atoms with Crippen LogP contribution in [0.1, 0.15) is 50.5 Å². The van der Waals surface area contributed by atoms with Crippen LogP contribution in [-0.4, -0.2) is 29.1 Å². The number of hydrogen-bond donors (Lipinski definition) is 4. The molecule has 4 saturated carbocycles. The monoisotopic (exact) mass is 483 g/mol. The molecule has 187 valence electrons. The number of amides is 1. The molecule has 4 aliphatic carbocycles. The number of hydrogen-bond acceptors (Lipinski definition) is 5. The van der Waals surface area contributed by atoms with Crippen LogP contribution in [0.15, 0.2) is 54.6 Å². The average molecular weight is 484 g/mol. The van der Waals surface area contributed by atoms with Crippen molar-refractivity contribution in [2.75, 3.05) is 23.7 Å². The molecule has 0 saturated heterocycles. The predicted octanol–water partition coefficient (Wildman–Crippen LogP) is 5.70. The van der Waals surface area contributed by atoms with Gasteiger partial charge in [0.05, 0.1) is 17.7 Å². The first-order valence-corrected chi connectivity index (χ1v) is 13.3. The summed E-state index contributed by atoms with van der Waals surface area (Å²) in [6, 6.07) is 17.1. The van der Waals surface area contributed by atoms with Crippen LogP contribution in [0, 0.1) is 29.7 Å². The highest BCUT2D eigenvalue weighted by Crippen LogP contribution is 2.61. The van der Waals surface area contributed by atoms with Crippen LogP contribution in [0.5, 0.6) is 5.75 Å². The quantitative estimate of drug-likeness (QED) is 0.294. The van der Waals surface area contributed by atoms with Gasteiger partial charge in [0.15, 0.2) is 0 Å². The van der Waals surface area contributed by atoms with Crippen molar-refractivity contribution in [2.45, 2.75) is 44.9 Å². The van der Waals surface area contributed by atoms with Gasteiger partial charge in [0.25, 0.3) is 0 Å². The predicted molar refractivity (Wildman–Crippen MR) is 144 cm³/mol. The number of aromatic hydroxyl groups is 1. The summed E-state index contributed by atoms with van der Waals surface area (Å²) in [6.07, 6.45) is 8.61. The van der Waals surface area contributed by atoms with E-state index in [0.717, 1.165) is 52.3 Å². The van der Waals surface area contributed by atoms with Crippen molar-refractivity contribution >= 4 is 28.3 Å². The Hall–Kier alpha value is -3.12. The Labute approximate surface area is 212 Å². The number of nitrogens with zero attached hydrogens (tertiary/aromatic N) is 1. The van der Waals surface area contributed by atoms with E-state index in [1.165, 1.54) is 38.5 Å². The van der Waals surface area contributed by atoms with Gasteiger partial charge in [0.2, 0.25) is 5.91 Å². The molecule has 1 aromatic heterocycles. The van der Waals surface area contributed by atoms with E-state index in [9.17, 15) is 9.90 Å². The molecule has 4 N–H and O–H groups in total. The molecule has 1 amide bonds. The number of rotatable bonds is 9. The van der Waals surface area contributed by atoms with Crippen molar-refractivity contribution in [2.24, 2.45) is 23.2 Å². The lowest BCUT2D eigenvalue weighted by atomic mass is 9.49. The molecule has 36 heavy (non-hydrogen) atoms. The second-order valence-electron chi connectivity index (χ2n) is 11.3. The van der Waals surface area contributed by atoms with Gasteiger partial charge in [-0.05, 0) is 104 Å². The van der Waals surface area contributed by atoms with Gasteiger partial charge in [-0.1, -0.05) is 18.2 Å². The highest BCUT2D eigenvalue weighted by atomic mass is 16.3. The van der Waals surface area contributed by atoms with Crippen molar-refractivity contribution in [3.05, 3.63) is 66.7 Å². The first kappa shape index (κ1) is 23.3. The Morgan fingerprint density at radius 3 is 2.47 bits per heavy atom. The third-order valence-electron chi connectivity index (χ3n) is 8.42. The number of anilines is 2. The van der Waals surface area contributed by atoms with E-state index in [4.69, 9.17) is 4.98 Å². The molecule has 0 aliphatic heterocycles. The topological polar surface area (TPSA) is 86.3 Å². The molecule has 4 aliphatic rings. The molecule has 1 heterocycles. The van der Waals surface area contributed by atoms with Crippen molar-refractivity contribution < 1.29 is 9.90 Å². The fraction of sp³-hybridized carbons (Fsp3) is 0.433. The van der Waals surface area contributed by atoms with E-state index in [0.29, 0.717) is 13.0 Å². The summed E-state index contributed by atoms with van der Waals surface area (Å²) >= 11 is 0. The molecule has 6 heteroatoms. The smallest absolute Gasteiger partial charge is 0.224 e. The zero-order chi connectivity index (χ0) is 24.5. The Bertz CT molecular complexity index is 1220. The fourth-order valence-electron chi connectivity index (χ4n) is 7.47. The highest BCUT2D eigenvalue weighted by molar-refractivity contribution is 6.01. The number of benzene rings is 2. The number of phenols is 1. The second kappa shape index (κ2) is 9.74. The minimum Gasteiger partial charge on any atom is -0.508 e. The van der Waals surface area contributed by atoms with Crippen LogP contribution in [0.3, 0.4) is 0 Å². The van der Waals surface area contributed by atoms with E-state index in [1.807, 2.05) is 49.0 Å². The van der Waals surface area contributed by atoms with E-state index < -0.39 is 0 Å². The van der Waals surface area contributed by atoms with Crippen LogP contribution in [0.25, 0.3) is 10.9 Å². The third-order valence-corrected chi connectivity index (χ3v) is 8.42. The molecule has 0 unspecified atom stereocenters. The summed E-state index contributed by atoms with van der Waals surface area (Å²) in [6.45, 7) is 3.30. The molecule has 4 fully saturated rings.